The van der Waals surface area contributed by atoms with Gasteiger partial charge in [0.15, 0.2) is 0 Å². The van der Waals surface area contributed by atoms with Gasteiger partial charge < -0.3 is 5.73 Å². The van der Waals surface area contributed by atoms with Crippen molar-refractivity contribution in [3.8, 4) is 0 Å². The van der Waals surface area contributed by atoms with Crippen LogP contribution in [0.25, 0.3) is 10.9 Å². The molecule has 0 amide bonds. The fraction of sp³-hybridized carbons (Fsp3) is 0.200. The molecule has 1 aromatic carbocycles. The largest absolute Gasteiger partial charge is 0.399 e. The molecular weight excluding hydrogens is 178 g/mol. The Balaban J connectivity index is 2.99. The van der Waals surface area contributed by atoms with Gasteiger partial charge in [-0.2, -0.15) is 0 Å². The highest BCUT2D eigenvalue weighted by molar-refractivity contribution is 5.80. The molecule has 0 atom stereocenters. The third kappa shape index (κ3) is 1.16. The first-order valence-electron chi connectivity index (χ1n) is 4.32. The summed E-state index contributed by atoms with van der Waals surface area (Å²) in [6, 6.07) is 5.16. The summed E-state index contributed by atoms with van der Waals surface area (Å²) in [6.07, 6.45) is 0. The van der Waals surface area contributed by atoms with Crippen LogP contribution < -0.4 is 11.3 Å². The summed E-state index contributed by atoms with van der Waals surface area (Å²) in [7, 11) is 1.70. The highest BCUT2D eigenvalue weighted by atomic mass is 16.1. The maximum absolute atomic E-state index is 11.8. The van der Waals surface area contributed by atoms with Crippen molar-refractivity contribution in [2.24, 2.45) is 7.05 Å². The Morgan fingerprint density at radius 2 is 2.14 bits per heavy atom. The van der Waals surface area contributed by atoms with Crippen LogP contribution in [-0.2, 0) is 7.05 Å². The molecular formula is C10H11N3O. The van der Waals surface area contributed by atoms with Crippen molar-refractivity contribution in [2.75, 3.05) is 5.73 Å². The van der Waals surface area contributed by atoms with Gasteiger partial charge in [0.1, 0.15) is 5.82 Å². The van der Waals surface area contributed by atoms with E-state index in [0.717, 1.165) is 0 Å². The van der Waals surface area contributed by atoms with E-state index in [4.69, 9.17) is 5.73 Å². The number of anilines is 1. The number of fused-ring (bicyclic) bond motifs is 1. The molecule has 0 unspecified atom stereocenters. The topological polar surface area (TPSA) is 60.9 Å². The predicted molar refractivity (Wildman–Crippen MR) is 56.1 cm³/mol. The van der Waals surface area contributed by atoms with Crippen LogP contribution in [-0.4, -0.2) is 9.55 Å². The van der Waals surface area contributed by atoms with E-state index in [2.05, 4.69) is 4.98 Å². The molecule has 0 spiro atoms. The lowest BCUT2D eigenvalue weighted by atomic mass is 10.2. The number of hydrogen-bond acceptors (Lipinski definition) is 3. The van der Waals surface area contributed by atoms with Gasteiger partial charge in [0, 0.05) is 12.7 Å². The average molecular weight is 189 g/mol. The molecule has 0 aliphatic rings. The summed E-state index contributed by atoms with van der Waals surface area (Å²) in [6.45, 7) is 1.80. The molecule has 4 nitrogen and oxygen atoms in total. The van der Waals surface area contributed by atoms with E-state index in [1.807, 2.05) is 0 Å². The van der Waals surface area contributed by atoms with E-state index in [9.17, 15) is 4.79 Å². The fourth-order valence-electron chi connectivity index (χ4n) is 1.40. The Labute approximate surface area is 81.0 Å². The molecule has 1 aromatic heterocycles. The molecule has 0 fully saturated rings. The molecule has 2 N–H and O–H groups in total. The summed E-state index contributed by atoms with van der Waals surface area (Å²) < 4.78 is 1.52. The van der Waals surface area contributed by atoms with Crippen LogP contribution in [0, 0.1) is 6.92 Å². The molecule has 72 valence electrons. The van der Waals surface area contributed by atoms with E-state index >= 15 is 0 Å². The van der Waals surface area contributed by atoms with Gasteiger partial charge in [0.05, 0.1) is 10.9 Å². The van der Waals surface area contributed by atoms with Crippen LogP contribution in [0.2, 0.25) is 0 Å². The average Bonchev–Trinajstić information content (AvgIpc) is 2.16. The second-order valence-corrected chi connectivity index (χ2v) is 3.30. The second kappa shape index (κ2) is 2.83. The third-order valence-corrected chi connectivity index (χ3v) is 2.32. The van der Waals surface area contributed by atoms with Crippen molar-refractivity contribution >= 4 is 16.6 Å². The molecule has 0 bridgehead atoms. The molecule has 2 rings (SSSR count). The number of nitrogens with two attached hydrogens (primary N) is 1. The fourth-order valence-corrected chi connectivity index (χ4v) is 1.40. The van der Waals surface area contributed by atoms with Crippen LogP contribution in [0.15, 0.2) is 23.0 Å². The Hall–Kier alpha value is -1.84. The van der Waals surface area contributed by atoms with Gasteiger partial charge in [0.25, 0.3) is 5.56 Å². The van der Waals surface area contributed by atoms with Crippen LogP contribution in [0.4, 0.5) is 5.69 Å². The Bertz CT molecular complexity index is 557. The number of aromatic nitrogens is 2. The van der Waals surface area contributed by atoms with Crippen LogP contribution in [0.3, 0.4) is 0 Å². The van der Waals surface area contributed by atoms with E-state index in [0.29, 0.717) is 22.4 Å². The van der Waals surface area contributed by atoms with Gasteiger partial charge in [-0.15, -0.1) is 0 Å². The van der Waals surface area contributed by atoms with Crippen molar-refractivity contribution < 1.29 is 0 Å². The highest BCUT2D eigenvalue weighted by Crippen LogP contribution is 2.11. The van der Waals surface area contributed by atoms with E-state index < -0.39 is 0 Å². The monoisotopic (exact) mass is 189 g/mol. The van der Waals surface area contributed by atoms with Gasteiger partial charge in [-0.05, 0) is 25.1 Å². The van der Waals surface area contributed by atoms with Crippen LogP contribution in [0.1, 0.15) is 5.82 Å². The number of rotatable bonds is 0. The lowest BCUT2D eigenvalue weighted by molar-refractivity contribution is 0.792. The number of benzene rings is 1. The lowest BCUT2D eigenvalue weighted by Crippen LogP contribution is -2.20. The van der Waals surface area contributed by atoms with Crippen molar-refractivity contribution in [3.63, 3.8) is 0 Å². The van der Waals surface area contributed by atoms with Crippen molar-refractivity contribution in [3.05, 3.63) is 34.4 Å². The summed E-state index contributed by atoms with van der Waals surface area (Å²) >= 11 is 0. The van der Waals surface area contributed by atoms with Gasteiger partial charge in [-0.3, -0.25) is 9.36 Å². The van der Waals surface area contributed by atoms with Crippen LogP contribution >= 0.6 is 0 Å². The normalized spacial score (nSPS) is 10.7. The summed E-state index contributed by atoms with van der Waals surface area (Å²) in [5.41, 5.74) is 6.83. The minimum Gasteiger partial charge on any atom is -0.399 e. The first kappa shape index (κ1) is 8.74. The molecule has 1 heterocycles. The van der Waals surface area contributed by atoms with Crippen molar-refractivity contribution in [1.82, 2.24) is 9.55 Å². The predicted octanol–water partition coefficient (Wildman–Crippen LogP) is 0.824. The third-order valence-electron chi connectivity index (χ3n) is 2.32. The second-order valence-electron chi connectivity index (χ2n) is 3.30. The smallest absolute Gasteiger partial charge is 0.261 e. The van der Waals surface area contributed by atoms with E-state index in [-0.39, 0.29) is 5.56 Å². The number of hydrogen-bond donors (Lipinski definition) is 1. The maximum Gasteiger partial charge on any atom is 0.261 e. The Kier molecular flexibility index (Phi) is 1.77. The standard InChI is InChI=1S/C10H11N3O/c1-6-12-9-4-3-7(11)5-8(9)10(14)13(6)2/h3-5H,11H2,1-2H3. The highest BCUT2D eigenvalue weighted by Gasteiger charge is 2.04. The maximum atomic E-state index is 11.8. The minimum atomic E-state index is -0.0557. The Morgan fingerprint density at radius 3 is 2.86 bits per heavy atom. The zero-order valence-corrected chi connectivity index (χ0v) is 8.11. The van der Waals surface area contributed by atoms with Gasteiger partial charge in [-0.25, -0.2) is 4.98 Å². The van der Waals surface area contributed by atoms with E-state index in [1.54, 1.807) is 32.2 Å². The lowest BCUT2D eigenvalue weighted by Gasteiger charge is -2.04. The number of nitrogen functional groups attached to an aromatic ring is 1. The van der Waals surface area contributed by atoms with Gasteiger partial charge in [-0.1, -0.05) is 0 Å². The first-order valence-corrected chi connectivity index (χ1v) is 4.32. The Morgan fingerprint density at radius 1 is 1.43 bits per heavy atom. The SMILES string of the molecule is Cc1nc2ccc(N)cc2c(=O)n1C. The van der Waals surface area contributed by atoms with Gasteiger partial charge in [0.2, 0.25) is 0 Å². The zero-order valence-electron chi connectivity index (χ0n) is 8.11. The number of aryl methyl sites for hydroxylation is 1. The molecule has 4 heteroatoms. The minimum absolute atomic E-state index is 0.0557. The molecule has 0 radical (unpaired) electrons. The van der Waals surface area contributed by atoms with Crippen LogP contribution in [0.5, 0.6) is 0 Å². The number of nitrogens with zero attached hydrogens (tertiary/aromatic N) is 2. The van der Waals surface area contributed by atoms with Crippen molar-refractivity contribution in [2.45, 2.75) is 6.92 Å². The quantitative estimate of drug-likeness (QED) is 0.624. The van der Waals surface area contributed by atoms with Crippen molar-refractivity contribution in [1.29, 1.82) is 0 Å². The van der Waals surface area contributed by atoms with Gasteiger partial charge >= 0.3 is 0 Å². The molecule has 0 saturated carbocycles. The molecule has 0 aliphatic carbocycles. The zero-order chi connectivity index (χ0) is 10.3. The molecule has 0 aliphatic heterocycles. The summed E-state index contributed by atoms with van der Waals surface area (Å²) in [4.78, 5) is 16.1. The summed E-state index contributed by atoms with van der Waals surface area (Å²) in [5, 5.41) is 0.568. The molecule has 0 saturated heterocycles. The molecule has 2 aromatic rings. The molecule has 14 heavy (non-hydrogen) atoms. The van der Waals surface area contributed by atoms with E-state index in [1.165, 1.54) is 4.57 Å². The first-order chi connectivity index (χ1) is 6.59. The summed E-state index contributed by atoms with van der Waals surface area (Å²) in [5.74, 6) is 0.701.